The number of rotatable bonds is 5. The summed E-state index contributed by atoms with van der Waals surface area (Å²) in [5.74, 6) is 0.692. The monoisotopic (exact) mass is 424 g/mol. The fraction of sp³-hybridized carbons (Fsp3) is 0.333. The Hall–Kier alpha value is -2.14. The molecule has 0 spiro atoms. The van der Waals surface area contributed by atoms with Crippen LogP contribution in [-0.2, 0) is 31.2 Å². The van der Waals surface area contributed by atoms with Crippen molar-refractivity contribution >= 4 is 25.7 Å². The van der Waals surface area contributed by atoms with Crippen molar-refractivity contribution in [1.82, 2.24) is 4.31 Å². The summed E-state index contributed by atoms with van der Waals surface area (Å²) in [6, 6.07) is 10.5. The van der Waals surface area contributed by atoms with Crippen LogP contribution in [0.3, 0.4) is 0 Å². The fourth-order valence-corrected chi connectivity index (χ4v) is 5.75. The Kier molecular flexibility index (Phi) is 5.04. The Morgan fingerprint density at radius 2 is 1.68 bits per heavy atom. The van der Waals surface area contributed by atoms with Gasteiger partial charge in [-0.3, -0.25) is 4.72 Å². The summed E-state index contributed by atoms with van der Waals surface area (Å²) >= 11 is 0. The lowest BCUT2D eigenvalue weighted by Gasteiger charge is -2.26. The molecule has 0 saturated carbocycles. The first-order valence-corrected chi connectivity index (χ1v) is 11.8. The second kappa shape index (κ2) is 7.36. The minimum atomic E-state index is -3.86. The Bertz CT molecular complexity index is 1090. The highest BCUT2D eigenvalue weighted by Crippen LogP contribution is 2.29. The van der Waals surface area contributed by atoms with Gasteiger partial charge >= 0.3 is 0 Å². The van der Waals surface area contributed by atoms with Crippen LogP contribution in [-0.4, -0.2) is 54.1 Å². The standard InChI is InChI=1S/C18H20N2O6S2/c21-27(22,16-4-5-18-14(12-16)6-9-26-18)19-15-2-1-3-17(13-15)28(23,24)20-7-10-25-11-8-20/h1-5,12-13,19H,6-11H2. The Labute approximate surface area is 164 Å². The molecule has 8 nitrogen and oxygen atoms in total. The van der Waals surface area contributed by atoms with Crippen LogP contribution >= 0.6 is 0 Å². The normalized spacial score (nSPS) is 17.7. The van der Waals surface area contributed by atoms with E-state index in [-0.39, 0.29) is 28.6 Å². The van der Waals surface area contributed by atoms with E-state index < -0.39 is 20.0 Å². The van der Waals surface area contributed by atoms with Gasteiger partial charge in [0.05, 0.1) is 35.3 Å². The molecule has 1 fully saturated rings. The van der Waals surface area contributed by atoms with Crippen molar-refractivity contribution < 1.29 is 26.3 Å². The molecule has 1 N–H and O–H groups in total. The van der Waals surface area contributed by atoms with Crippen LogP contribution in [0.1, 0.15) is 5.56 Å². The zero-order chi connectivity index (χ0) is 19.8. The zero-order valence-corrected chi connectivity index (χ0v) is 16.6. The maximum Gasteiger partial charge on any atom is 0.261 e. The average molecular weight is 425 g/mol. The lowest BCUT2D eigenvalue weighted by Crippen LogP contribution is -2.40. The SMILES string of the molecule is O=S(=O)(Nc1cccc(S(=O)(=O)N2CCOCC2)c1)c1ccc2c(c1)CCO2. The topological polar surface area (TPSA) is 102 Å². The van der Waals surface area contributed by atoms with Gasteiger partial charge in [0.25, 0.3) is 10.0 Å². The number of fused-ring (bicyclic) bond motifs is 1. The van der Waals surface area contributed by atoms with Crippen LogP contribution in [0, 0.1) is 0 Å². The van der Waals surface area contributed by atoms with Crippen molar-refractivity contribution in [3.05, 3.63) is 48.0 Å². The Morgan fingerprint density at radius 3 is 2.46 bits per heavy atom. The lowest BCUT2D eigenvalue weighted by atomic mass is 10.2. The number of benzene rings is 2. The van der Waals surface area contributed by atoms with E-state index in [9.17, 15) is 16.8 Å². The molecule has 2 heterocycles. The first-order chi connectivity index (χ1) is 13.4. The van der Waals surface area contributed by atoms with Crippen molar-refractivity contribution in [2.75, 3.05) is 37.6 Å². The second-order valence-corrected chi connectivity index (χ2v) is 10.1. The van der Waals surface area contributed by atoms with Crippen molar-refractivity contribution in [1.29, 1.82) is 0 Å². The van der Waals surface area contributed by atoms with Crippen LogP contribution in [0.25, 0.3) is 0 Å². The van der Waals surface area contributed by atoms with E-state index in [4.69, 9.17) is 9.47 Å². The molecule has 0 atom stereocenters. The average Bonchev–Trinajstić information content (AvgIpc) is 3.16. The summed E-state index contributed by atoms with van der Waals surface area (Å²) in [7, 11) is -7.57. The molecular formula is C18H20N2O6S2. The third-order valence-corrected chi connectivity index (χ3v) is 7.94. The maximum atomic E-state index is 12.8. The molecule has 150 valence electrons. The molecule has 0 unspecified atom stereocenters. The van der Waals surface area contributed by atoms with Gasteiger partial charge in [-0.05, 0) is 42.0 Å². The van der Waals surface area contributed by atoms with E-state index in [1.54, 1.807) is 12.1 Å². The Balaban J connectivity index is 1.59. The molecule has 0 radical (unpaired) electrons. The first-order valence-electron chi connectivity index (χ1n) is 8.83. The van der Waals surface area contributed by atoms with Gasteiger partial charge in [-0.1, -0.05) is 6.07 Å². The molecule has 0 aliphatic carbocycles. The van der Waals surface area contributed by atoms with Crippen molar-refractivity contribution in [2.45, 2.75) is 16.2 Å². The largest absolute Gasteiger partial charge is 0.493 e. The van der Waals surface area contributed by atoms with E-state index in [1.165, 1.54) is 34.6 Å². The third kappa shape index (κ3) is 3.72. The summed E-state index contributed by atoms with van der Waals surface area (Å²) in [5, 5.41) is 0. The van der Waals surface area contributed by atoms with E-state index in [1.807, 2.05) is 0 Å². The number of nitrogens with one attached hydrogen (secondary N) is 1. The highest BCUT2D eigenvalue weighted by Gasteiger charge is 2.27. The number of hydrogen-bond donors (Lipinski definition) is 1. The molecule has 28 heavy (non-hydrogen) atoms. The highest BCUT2D eigenvalue weighted by molar-refractivity contribution is 7.92. The Morgan fingerprint density at radius 1 is 0.893 bits per heavy atom. The van der Waals surface area contributed by atoms with Crippen LogP contribution in [0.5, 0.6) is 5.75 Å². The molecule has 1 saturated heterocycles. The molecule has 2 aliphatic heterocycles. The van der Waals surface area contributed by atoms with Gasteiger partial charge in [-0.2, -0.15) is 4.31 Å². The fourth-order valence-electron chi connectivity index (χ4n) is 3.20. The number of ether oxygens (including phenoxy) is 2. The summed E-state index contributed by atoms with van der Waals surface area (Å²) < 4.78 is 65.4. The third-order valence-electron chi connectivity index (χ3n) is 4.67. The smallest absolute Gasteiger partial charge is 0.261 e. The van der Waals surface area contributed by atoms with Crippen LogP contribution in [0.4, 0.5) is 5.69 Å². The molecule has 2 aromatic carbocycles. The summed E-state index contributed by atoms with van der Waals surface area (Å²) in [6.07, 6.45) is 0.659. The van der Waals surface area contributed by atoms with Crippen LogP contribution < -0.4 is 9.46 Å². The van der Waals surface area contributed by atoms with Crippen molar-refractivity contribution in [3.63, 3.8) is 0 Å². The van der Waals surface area contributed by atoms with Gasteiger partial charge in [-0.25, -0.2) is 16.8 Å². The lowest BCUT2D eigenvalue weighted by molar-refractivity contribution is 0.0730. The summed E-state index contributed by atoms with van der Waals surface area (Å²) in [6.45, 7) is 1.76. The van der Waals surface area contributed by atoms with E-state index in [0.717, 1.165) is 5.56 Å². The van der Waals surface area contributed by atoms with Gasteiger partial charge in [0, 0.05) is 19.5 Å². The molecule has 2 aromatic rings. The van der Waals surface area contributed by atoms with Gasteiger partial charge in [0.1, 0.15) is 5.75 Å². The van der Waals surface area contributed by atoms with E-state index >= 15 is 0 Å². The predicted octanol–water partition coefficient (Wildman–Crippen LogP) is 1.44. The number of sulfonamides is 2. The highest BCUT2D eigenvalue weighted by atomic mass is 32.2. The second-order valence-electron chi connectivity index (χ2n) is 6.52. The zero-order valence-electron chi connectivity index (χ0n) is 15.0. The molecule has 0 bridgehead atoms. The predicted molar refractivity (Wildman–Crippen MR) is 102 cm³/mol. The summed E-state index contributed by atoms with van der Waals surface area (Å²) in [4.78, 5) is 0.148. The number of hydrogen-bond acceptors (Lipinski definition) is 6. The molecule has 10 heteroatoms. The quantitative estimate of drug-likeness (QED) is 0.779. The van der Waals surface area contributed by atoms with E-state index in [0.29, 0.717) is 32.0 Å². The summed E-state index contributed by atoms with van der Waals surface area (Å²) in [5.41, 5.74) is 1.03. The van der Waals surface area contributed by atoms with Crippen LogP contribution in [0.15, 0.2) is 52.3 Å². The van der Waals surface area contributed by atoms with Gasteiger partial charge in [0.15, 0.2) is 0 Å². The van der Waals surface area contributed by atoms with Gasteiger partial charge in [0.2, 0.25) is 10.0 Å². The molecule has 0 amide bonds. The molecular weight excluding hydrogens is 404 g/mol. The molecule has 2 aliphatic rings. The van der Waals surface area contributed by atoms with Crippen molar-refractivity contribution in [3.8, 4) is 5.75 Å². The first kappa shape index (κ1) is 19.2. The van der Waals surface area contributed by atoms with E-state index in [2.05, 4.69) is 4.72 Å². The molecule has 0 aromatic heterocycles. The van der Waals surface area contributed by atoms with Gasteiger partial charge in [-0.15, -0.1) is 0 Å². The van der Waals surface area contributed by atoms with Gasteiger partial charge < -0.3 is 9.47 Å². The van der Waals surface area contributed by atoms with Crippen LogP contribution in [0.2, 0.25) is 0 Å². The number of morpholine rings is 1. The van der Waals surface area contributed by atoms with Crippen molar-refractivity contribution in [2.24, 2.45) is 0 Å². The number of anilines is 1. The minimum Gasteiger partial charge on any atom is -0.493 e. The number of nitrogens with zero attached hydrogens (tertiary/aromatic N) is 1. The molecule has 4 rings (SSSR count). The minimum absolute atomic E-state index is 0.0388. The maximum absolute atomic E-state index is 12.8.